The number of hydrogen-bond acceptors (Lipinski definition) is 5. The van der Waals surface area contributed by atoms with E-state index in [1.165, 1.54) is 5.56 Å². The van der Waals surface area contributed by atoms with Crippen LogP contribution in [-0.4, -0.2) is 24.1 Å². The zero-order valence-electron chi connectivity index (χ0n) is 11.4. The average Bonchev–Trinajstić information content (AvgIpc) is 2.92. The summed E-state index contributed by atoms with van der Waals surface area (Å²) in [5.41, 5.74) is 2.18. The second-order valence-corrected chi connectivity index (χ2v) is 5.55. The zero-order valence-corrected chi connectivity index (χ0v) is 12.2. The van der Waals surface area contributed by atoms with Crippen LogP contribution in [0.15, 0.2) is 42.7 Å². The fourth-order valence-electron chi connectivity index (χ4n) is 2.00. The fraction of sp³-hybridized carbons (Fsp3) is 0.200. The maximum absolute atomic E-state index is 5.17. The van der Waals surface area contributed by atoms with Crippen molar-refractivity contribution in [3.63, 3.8) is 0 Å². The van der Waals surface area contributed by atoms with Crippen molar-refractivity contribution >= 4 is 26.7 Å². The number of rotatable bonds is 4. The minimum absolute atomic E-state index is 0.817. The summed E-state index contributed by atoms with van der Waals surface area (Å²) in [7, 11) is 3.73. The molecule has 0 unspecified atom stereocenters. The lowest BCUT2D eigenvalue weighted by molar-refractivity contribution is 0.414. The largest absolute Gasteiger partial charge is 0.497 e. The fourth-order valence-corrected chi connectivity index (χ4v) is 2.90. The molecule has 0 spiro atoms. The molecular formula is C15H15N3OS. The molecule has 1 aromatic carbocycles. The molecule has 3 rings (SSSR count). The normalized spacial score (nSPS) is 10.7. The molecule has 0 N–H and O–H groups in total. The van der Waals surface area contributed by atoms with Crippen molar-refractivity contribution < 1.29 is 4.74 Å². The molecule has 0 fully saturated rings. The van der Waals surface area contributed by atoms with E-state index in [1.54, 1.807) is 30.8 Å². The molecular weight excluding hydrogens is 270 g/mol. The van der Waals surface area contributed by atoms with Crippen LogP contribution in [0, 0.1) is 0 Å². The van der Waals surface area contributed by atoms with Gasteiger partial charge in [-0.15, -0.1) is 0 Å². The summed E-state index contributed by atoms with van der Waals surface area (Å²) in [6.07, 6.45) is 3.60. The molecule has 2 heterocycles. The summed E-state index contributed by atoms with van der Waals surface area (Å²) in [4.78, 5) is 10.8. The van der Waals surface area contributed by atoms with E-state index in [9.17, 15) is 0 Å². The van der Waals surface area contributed by atoms with Gasteiger partial charge in [0.1, 0.15) is 11.3 Å². The Balaban J connectivity index is 1.79. The molecule has 0 bridgehead atoms. The van der Waals surface area contributed by atoms with E-state index in [-0.39, 0.29) is 0 Å². The monoisotopic (exact) mass is 285 g/mol. The number of aromatic nitrogens is 2. The van der Waals surface area contributed by atoms with Crippen molar-refractivity contribution in [1.82, 2.24) is 9.97 Å². The Morgan fingerprint density at radius 3 is 2.70 bits per heavy atom. The van der Waals surface area contributed by atoms with Crippen LogP contribution >= 0.6 is 11.3 Å². The Morgan fingerprint density at radius 2 is 2.00 bits per heavy atom. The van der Waals surface area contributed by atoms with Gasteiger partial charge in [0.05, 0.1) is 18.0 Å². The smallest absolute Gasteiger partial charge is 0.186 e. The number of nitrogens with zero attached hydrogens (tertiary/aromatic N) is 3. The van der Waals surface area contributed by atoms with E-state index in [0.717, 1.165) is 27.6 Å². The molecule has 0 saturated carbocycles. The number of fused-ring (bicyclic) bond motifs is 1. The molecule has 20 heavy (non-hydrogen) atoms. The van der Waals surface area contributed by atoms with Crippen LogP contribution in [-0.2, 0) is 6.54 Å². The molecule has 0 aliphatic heterocycles. The molecule has 0 saturated heterocycles. The molecule has 5 heteroatoms. The molecule has 102 valence electrons. The molecule has 0 atom stereocenters. The van der Waals surface area contributed by atoms with Gasteiger partial charge in [0, 0.05) is 19.8 Å². The van der Waals surface area contributed by atoms with Crippen LogP contribution in [0.4, 0.5) is 5.13 Å². The maximum atomic E-state index is 5.17. The van der Waals surface area contributed by atoms with Crippen LogP contribution in [0.1, 0.15) is 5.56 Å². The lowest BCUT2D eigenvalue weighted by Gasteiger charge is -2.15. The van der Waals surface area contributed by atoms with Gasteiger partial charge in [0.15, 0.2) is 5.13 Å². The molecule has 4 nitrogen and oxygen atoms in total. The number of hydrogen-bond donors (Lipinski definition) is 0. The quantitative estimate of drug-likeness (QED) is 0.737. The summed E-state index contributed by atoms with van der Waals surface area (Å²) in [6, 6.07) is 10.1. The first kappa shape index (κ1) is 12.9. The van der Waals surface area contributed by atoms with Crippen LogP contribution in [0.25, 0.3) is 10.2 Å². The second-order valence-electron chi connectivity index (χ2n) is 4.54. The first-order chi connectivity index (χ1) is 9.76. The number of benzene rings is 1. The minimum atomic E-state index is 0.817. The lowest BCUT2D eigenvalue weighted by atomic mass is 10.2. The highest BCUT2D eigenvalue weighted by Gasteiger charge is 2.08. The SMILES string of the molecule is COc1ccc(CN(C)c2nc3cnccc3s2)cc1. The summed E-state index contributed by atoms with van der Waals surface area (Å²) in [5.74, 6) is 0.877. The predicted molar refractivity (Wildman–Crippen MR) is 82.5 cm³/mol. The Labute approximate surface area is 121 Å². The zero-order chi connectivity index (χ0) is 13.9. The summed E-state index contributed by atoms with van der Waals surface area (Å²) in [6.45, 7) is 0.817. The predicted octanol–water partition coefficient (Wildman–Crippen LogP) is 3.34. The Hall–Kier alpha value is -2.14. The molecule has 0 radical (unpaired) electrons. The van der Waals surface area contributed by atoms with Crippen LogP contribution < -0.4 is 9.64 Å². The van der Waals surface area contributed by atoms with E-state index in [2.05, 4.69) is 34.0 Å². The van der Waals surface area contributed by atoms with Gasteiger partial charge in [-0.1, -0.05) is 23.5 Å². The van der Waals surface area contributed by atoms with Crippen LogP contribution in [0.2, 0.25) is 0 Å². The standard InChI is InChI=1S/C15H15N3OS/c1-18(10-11-3-5-12(19-2)6-4-11)15-17-13-9-16-8-7-14(13)20-15/h3-9H,10H2,1-2H3. The summed E-state index contributed by atoms with van der Waals surface area (Å²) in [5, 5.41) is 1.00. The Kier molecular flexibility index (Phi) is 3.52. The first-order valence-electron chi connectivity index (χ1n) is 6.31. The van der Waals surface area contributed by atoms with Gasteiger partial charge in [-0.3, -0.25) is 4.98 Å². The van der Waals surface area contributed by atoms with Crippen molar-refractivity contribution in [3.8, 4) is 5.75 Å². The van der Waals surface area contributed by atoms with Crippen molar-refractivity contribution in [2.24, 2.45) is 0 Å². The number of ether oxygens (including phenoxy) is 1. The topological polar surface area (TPSA) is 38.2 Å². The van der Waals surface area contributed by atoms with E-state index >= 15 is 0 Å². The third-order valence-corrected chi connectivity index (χ3v) is 4.23. The highest BCUT2D eigenvalue weighted by Crippen LogP contribution is 2.28. The summed E-state index contributed by atoms with van der Waals surface area (Å²) >= 11 is 1.68. The maximum Gasteiger partial charge on any atom is 0.186 e. The first-order valence-corrected chi connectivity index (χ1v) is 7.12. The Morgan fingerprint density at radius 1 is 1.20 bits per heavy atom. The van der Waals surface area contributed by atoms with Gasteiger partial charge in [0.2, 0.25) is 0 Å². The van der Waals surface area contributed by atoms with Gasteiger partial charge in [-0.2, -0.15) is 0 Å². The molecule has 0 aliphatic rings. The summed E-state index contributed by atoms with van der Waals surface area (Å²) < 4.78 is 6.33. The van der Waals surface area contributed by atoms with Crippen molar-refractivity contribution in [1.29, 1.82) is 0 Å². The molecule has 0 amide bonds. The number of methoxy groups -OCH3 is 1. The van der Waals surface area contributed by atoms with Gasteiger partial charge >= 0.3 is 0 Å². The highest BCUT2D eigenvalue weighted by atomic mass is 32.1. The van der Waals surface area contributed by atoms with Gasteiger partial charge in [0.25, 0.3) is 0 Å². The van der Waals surface area contributed by atoms with Crippen molar-refractivity contribution in [3.05, 3.63) is 48.3 Å². The minimum Gasteiger partial charge on any atom is -0.497 e. The Bertz CT molecular complexity index is 675. The van der Waals surface area contributed by atoms with E-state index in [1.807, 2.05) is 18.2 Å². The van der Waals surface area contributed by atoms with Crippen LogP contribution in [0.3, 0.4) is 0 Å². The number of thiazole rings is 1. The molecule has 0 aliphatic carbocycles. The highest BCUT2D eigenvalue weighted by molar-refractivity contribution is 7.22. The van der Waals surface area contributed by atoms with Gasteiger partial charge < -0.3 is 9.64 Å². The number of anilines is 1. The number of pyridine rings is 1. The second kappa shape index (κ2) is 5.46. The van der Waals surface area contributed by atoms with E-state index in [0.29, 0.717) is 0 Å². The molecule has 2 aromatic heterocycles. The van der Waals surface area contributed by atoms with Crippen LogP contribution in [0.5, 0.6) is 5.75 Å². The molecule has 3 aromatic rings. The third-order valence-electron chi connectivity index (χ3n) is 3.08. The average molecular weight is 285 g/mol. The van der Waals surface area contributed by atoms with Crippen molar-refractivity contribution in [2.45, 2.75) is 6.54 Å². The van der Waals surface area contributed by atoms with Gasteiger partial charge in [-0.25, -0.2) is 4.98 Å². The van der Waals surface area contributed by atoms with E-state index < -0.39 is 0 Å². The van der Waals surface area contributed by atoms with E-state index in [4.69, 9.17) is 4.74 Å². The van der Waals surface area contributed by atoms with Gasteiger partial charge in [-0.05, 0) is 23.8 Å². The third kappa shape index (κ3) is 2.58. The lowest BCUT2D eigenvalue weighted by Crippen LogP contribution is -2.15. The van der Waals surface area contributed by atoms with Crippen molar-refractivity contribution in [2.75, 3.05) is 19.1 Å².